The number of H-pyrrole nitrogens is 2. The van der Waals surface area contributed by atoms with Crippen LogP contribution >= 0.6 is 0 Å². The third-order valence-electron chi connectivity index (χ3n) is 21.0. The summed E-state index contributed by atoms with van der Waals surface area (Å²) in [6.45, 7) is 9.06. The van der Waals surface area contributed by atoms with Gasteiger partial charge in [0.05, 0.1) is 67.7 Å². The fraction of sp³-hybridized carbons (Fsp3) is 0.140. The van der Waals surface area contributed by atoms with Crippen LogP contribution in [0, 0.1) is 20.2 Å². The summed E-state index contributed by atoms with van der Waals surface area (Å²) >= 11 is 0. The van der Waals surface area contributed by atoms with E-state index >= 15 is 0 Å². The van der Waals surface area contributed by atoms with Crippen molar-refractivity contribution in [3.05, 3.63) is 307 Å². The van der Waals surface area contributed by atoms with Gasteiger partial charge in [0.25, 0.3) is 11.4 Å². The lowest BCUT2D eigenvalue weighted by Crippen LogP contribution is -2.60. The highest BCUT2D eigenvalue weighted by Gasteiger charge is 2.60. The number of carbonyl (C=O) groups is 2. The summed E-state index contributed by atoms with van der Waals surface area (Å²) in [5.41, 5.74) is 15.3. The second-order valence-electron chi connectivity index (χ2n) is 27.5. The summed E-state index contributed by atoms with van der Waals surface area (Å²) in [4.78, 5) is 73.8. The molecule has 9 heterocycles. The van der Waals surface area contributed by atoms with Crippen molar-refractivity contribution in [3.8, 4) is 56.0 Å². The molecule has 8 aromatic carbocycles. The van der Waals surface area contributed by atoms with Gasteiger partial charge in [-0.2, -0.15) is 0 Å². The molecule has 2 atom stereocenters. The van der Waals surface area contributed by atoms with Gasteiger partial charge >= 0.3 is 11.9 Å². The van der Waals surface area contributed by atoms with Crippen molar-refractivity contribution < 1.29 is 38.4 Å². The third kappa shape index (κ3) is 10.5. The fourth-order valence-corrected chi connectivity index (χ4v) is 15.8. The third-order valence-corrected chi connectivity index (χ3v) is 21.0. The minimum absolute atomic E-state index is 0.0272. The van der Waals surface area contributed by atoms with Crippen molar-refractivity contribution in [2.75, 3.05) is 36.1 Å². The zero-order valence-corrected chi connectivity index (χ0v) is 57.0. The molecule has 2 N–H and O–H groups in total. The summed E-state index contributed by atoms with van der Waals surface area (Å²) < 4.78 is 26.0. The van der Waals surface area contributed by atoms with Gasteiger partial charge in [0, 0.05) is 91.1 Å². The average Bonchev–Trinajstić information content (AvgIpc) is 1.53. The summed E-state index contributed by atoms with van der Waals surface area (Å²) in [7, 11) is 0. The number of aromatic nitrogens is 4. The number of aromatic amines is 2. The first kappa shape index (κ1) is 64.2. The van der Waals surface area contributed by atoms with Crippen molar-refractivity contribution in [1.29, 1.82) is 0 Å². The minimum atomic E-state index is -1.04. The number of rotatable bonds is 14. The van der Waals surface area contributed by atoms with Gasteiger partial charge in [-0.15, -0.1) is 0 Å². The van der Waals surface area contributed by atoms with Crippen LogP contribution in [-0.2, 0) is 20.3 Å². The molecule has 6 aliphatic heterocycles. The Bertz CT molecular complexity index is 5370. The van der Waals surface area contributed by atoms with Crippen LogP contribution in [0.25, 0.3) is 103 Å². The van der Waals surface area contributed by atoms with Crippen LogP contribution in [0.5, 0.6) is 11.5 Å². The molecule has 0 amide bonds. The monoisotopic (exact) mass is 1370 g/mol. The van der Waals surface area contributed by atoms with Gasteiger partial charge in [-0.25, -0.2) is 19.6 Å². The number of carbonyl (C=O) groups excluding carboxylic acids is 2. The number of nitro benzene ring substituents is 2. The van der Waals surface area contributed by atoms with Crippen LogP contribution in [0.15, 0.2) is 231 Å². The van der Waals surface area contributed by atoms with E-state index in [1.807, 2.05) is 146 Å². The molecule has 0 radical (unpaired) electrons. The second-order valence-corrected chi connectivity index (χ2v) is 27.5. The number of nitro groups is 2. The van der Waals surface area contributed by atoms with Crippen molar-refractivity contribution in [1.82, 2.24) is 19.9 Å². The molecule has 3 aromatic heterocycles. The molecule has 11 aromatic rings. The molecule has 18 heteroatoms. The van der Waals surface area contributed by atoms with Crippen LogP contribution in [-0.4, -0.2) is 79.5 Å². The van der Waals surface area contributed by atoms with Crippen LogP contribution in [0.4, 0.5) is 22.7 Å². The van der Waals surface area contributed by atoms with E-state index < -0.39 is 44.1 Å². The van der Waals surface area contributed by atoms with Gasteiger partial charge in [-0.05, 0) is 182 Å². The molecule has 2 spiro atoms. The number of esters is 2. The highest BCUT2D eigenvalue weighted by atomic mass is 16.6. The van der Waals surface area contributed by atoms with Gasteiger partial charge in [0.15, 0.2) is 0 Å². The van der Waals surface area contributed by atoms with Crippen molar-refractivity contribution in [2.45, 2.75) is 50.0 Å². The van der Waals surface area contributed by atoms with E-state index in [0.717, 1.165) is 89.1 Å². The highest BCUT2D eigenvalue weighted by molar-refractivity contribution is 6.01. The molecular weight excluding hydrogens is 1300 g/mol. The number of non-ortho nitro benzene ring substituents is 2. The number of benzene rings is 8. The molecule has 510 valence electrons. The Morgan fingerprint density at radius 2 is 0.760 bits per heavy atom. The largest absolute Gasteiger partial charge is 0.463 e. The number of anilines is 2. The Balaban J connectivity index is 0.694. The highest BCUT2D eigenvalue weighted by Crippen LogP contribution is 2.57. The molecule has 18 nitrogen and oxygen atoms in total. The number of nitrogens with one attached hydrogen (secondary N) is 2. The quantitative estimate of drug-likeness (QED) is 0.0587. The summed E-state index contributed by atoms with van der Waals surface area (Å²) in [5, 5.41) is 23.4. The van der Waals surface area contributed by atoms with Crippen LogP contribution < -0.4 is 19.3 Å². The maximum absolute atomic E-state index is 14.2. The fourth-order valence-electron chi connectivity index (χ4n) is 15.8. The van der Waals surface area contributed by atoms with Gasteiger partial charge in [0.2, 0.25) is 11.4 Å². The molecule has 0 saturated carbocycles. The molecule has 2 unspecified atom stereocenters. The number of para-hydroxylation sites is 2. The van der Waals surface area contributed by atoms with Crippen LogP contribution in [0.3, 0.4) is 0 Å². The summed E-state index contributed by atoms with van der Waals surface area (Å²) in [6, 6.07) is 68.6. The van der Waals surface area contributed by atoms with E-state index in [1.54, 1.807) is 36.4 Å². The maximum Gasteiger partial charge on any atom is 0.338 e. The van der Waals surface area contributed by atoms with Gasteiger partial charge < -0.3 is 38.7 Å². The van der Waals surface area contributed by atoms with E-state index in [1.165, 1.54) is 24.3 Å². The minimum Gasteiger partial charge on any atom is -0.463 e. The number of ether oxygens (including phenoxy) is 4. The summed E-state index contributed by atoms with van der Waals surface area (Å²) in [5.74, 6) is 0.0290. The van der Waals surface area contributed by atoms with E-state index in [0.29, 0.717) is 56.5 Å². The number of hydrogen-bond acceptors (Lipinski definition) is 14. The van der Waals surface area contributed by atoms with Crippen molar-refractivity contribution in [2.24, 2.45) is 0 Å². The van der Waals surface area contributed by atoms with Crippen molar-refractivity contribution in [3.63, 3.8) is 0 Å². The molecule has 104 heavy (non-hydrogen) atoms. The predicted molar refractivity (Wildman–Crippen MR) is 406 cm³/mol. The Morgan fingerprint density at radius 1 is 0.423 bits per heavy atom. The smallest absolute Gasteiger partial charge is 0.338 e. The lowest BCUT2D eigenvalue weighted by atomic mass is 9.76. The molecule has 17 rings (SSSR count). The van der Waals surface area contributed by atoms with E-state index in [-0.39, 0.29) is 37.7 Å². The normalized spacial score (nSPS) is 17.2. The van der Waals surface area contributed by atoms with Gasteiger partial charge in [0.1, 0.15) is 24.7 Å². The summed E-state index contributed by atoms with van der Waals surface area (Å²) in [6.07, 6.45) is 15.8. The molecule has 0 fully saturated rings. The lowest BCUT2D eigenvalue weighted by Gasteiger charge is -2.47. The Morgan fingerprint density at radius 3 is 1.12 bits per heavy atom. The standard InChI is InChI=1S/C86H66N8O10/c1-83(2)63-19-11-13-21-73(63)91(85(83)45-43-59-51-61(93(97)98)31-41-75(59)103-85)47-49-101-81(95)57-27-23-55(24-28-57)79-69-37-33-65(87-69)77(53-15-7-5-8-16-53)67-35-39-71(89-67)80(72-40-36-68(90-72)78(54-17-9-6-10-18-54)66-34-38-70(79)88-66)56-25-29-58(30-26-56)82(96)102-50-48-92-74-22-14-12-20-64(74)84(3,4)86(92)46-44-60-52-62(94(99)100)32-42-76(60)104-86/h5-46,51-52,87,90H,47-50H2,1-4H3. The molecule has 0 aliphatic carbocycles. The van der Waals surface area contributed by atoms with E-state index in [2.05, 4.69) is 108 Å². The SMILES string of the molecule is CC1(C)c2ccccc2N(CCOC(=O)c2ccc(-c3c4nc(c(-c5ccccc5)c5ccc([nH]5)c(-c5ccc(C(=O)OCCN6c7ccccc7C(C)(C)C67C=Cc6cc([N+](=O)[O-])ccc6O7)cc5)c5nc(c(-c6ccccc6)c6ccc3[nH]6)C=C5)C=C4)cc2)C12C=Cc1cc([N+](=O)[O-])ccc1O2. The van der Waals surface area contributed by atoms with Crippen LogP contribution in [0.1, 0.15) is 93.4 Å². The molecule has 8 bridgehead atoms. The maximum atomic E-state index is 14.2. The Kier molecular flexibility index (Phi) is 15.3. The first-order valence-corrected chi connectivity index (χ1v) is 34.4. The first-order valence-electron chi connectivity index (χ1n) is 34.4. The zero-order valence-electron chi connectivity index (χ0n) is 57.0. The van der Waals surface area contributed by atoms with Gasteiger partial charge in [-0.1, -0.05) is 121 Å². The second kappa shape index (κ2) is 24.8. The number of hydrogen-bond donors (Lipinski definition) is 2. The van der Waals surface area contributed by atoms with E-state index in [4.69, 9.17) is 28.9 Å². The topological polar surface area (TPSA) is 221 Å². The zero-order chi connectivity index (χ0) is 71.2. The average molecular weight is 1370 g/mol. The van der Waals surface area contributed by atoms with Crippen molar-refractivity contribution >= 4 is 93.2 Å². The molecule has 0 saturated heterocycles. The molecular formula is C86H66N8O10. The van der Waals surface area contributed by atoms with Gasteiger partial charge in [-0.3, -0.25) is 20.2 Å². The number of fused-ring (bicyclic) bond motifs is 12. The molecule has 6 aliphatic rings. The lowest BCUT2D eigenvalue weighted by molar-refractivity contribution is -0.385. The van der Waals surface area contributed by atoms with E-state index in [9.17, 15) is 29.8 Å². The number of nitrogens with zero attached hydrogens (tertiary/aromatic N) is 6. The Labute approximate surface area is 597 Å². The first-order chi connectivity index (χ1) is 50.5. The van der Waals surface area contributed by atoms with Crippen LogP contribution in [0.2, 0.25) is 0 Å². The Hall–Kier alpha value is -13.2. The predicted octanol–water partition coefficient (Wildman–Crippen LogP) is 18.7.